The fraction of sp³-hybridized carbons (Fsp3) is 0.742. The van der Waals surface area contributed by atoms with Gasteiger partial charge in [-0.2, -0.15) is 0 Å². The number of ether oxygens (including phenoxy) is 2. The first-order valence-electron chi connectivity index (χ1n) is 14.1. The van der Waals surface area contributed by atoms with Crippen molar-refractivity contribution in [2.45, 2.75) is 103 Å². The maximum Gasteiger partial charge on any atom is 0.337 e. The van der Waals surface area contributed by atoms with Crippen molar-refractivity contribution in [3.63, 3.8) is 0 Å². The zero-order chi connectivity index (χ0) is 27.0. The Hall–Kier alpha value is -1.92. The Morgan fingerprint density at radius 3 is 2.54 bits per heavy atom. The number of rotatable bonds is 3. The Morgan fingerprint density at radius 1 is 1.11 bits per heavy atom. The molecule has 8 unspecified atom stereocenters. The van der Waals surface area contributed by atoms with Crippen LogP contribution in [0.1, 0.15) is 86.0 Å². The van der Waals surface area contributed by atoms with Crippen molar-refractivity contribution in [3.05, 3.63) is 34.9 Å². The lowest BCUT2D eigenvalue weighted by molar-refractivity contribution is -0.166. The van der Waals surface area contributed by atoms with Gasteiger partial charge in [-0.1, -0.05) is 31.6 Å². The van der Waals surface area contributed by atoms with Crippen molar-refractivity contribution < 1.29 is 29.3 Å². The predicted molar refractivity (Wildman–Crippen MR) is 140 cm³/mol. The van der Waals surface area contributed by atoms with Crippen LogP contribution < -0.4 is 0 Å². The van der Waals surface area contributed by atoms with E-state index in [-0.39, 0.29) is 34.6 Å². The Kier molecular flexibility index (Phi) is 6.35. The Balaban J connectivity index is 1.45. The first-order chi connectivity index (χ1) is 17.2. The van der Waals surface area contributed by atoms with Gasteiger partial charge in [0.25, 0.3) is 0 Å². The molecule has 1 heterocycles. The number of aliphatic hydroxyl groups is 2. The highest BCUT2D eigenvalue weighted by Gasteiger charge is 2.62. The number of aliphatic hydroxyl groups excluding tert-OH is 1. The number of allylic oxidation sites excluding steroid dienone is 4. The topological polar surface area (TPSA) is 93.1 Å². The molecule has 6 nitrogen and oxygen atoms in total. The van der Waals surface area contributed by atoms with Gasteiger partial charge in [-0.25, -0.2) is 9.59 Å². The quantitative estimate of drug-likeness (QED) is 0.515. The molecular formula is C31H44O6. The summed E-state index contributed by atoms with van der Waals surface area (Å²) in [4.78, 5) is 24.5. The van der Waals surface area contributed by atoms with Crippen LogP contribution in [0.5, 0.6) is 0 Å². The van der Waals surface area contributed by atoms with Crippen LogP contribution in [0.25, 0.3) is 0 Å². The number of hydrogen-bond donors (Lipinski definition) is 2. The van der Waals surface area contributed by atoms with Gasteiger partial charge in [0.05, 0.1) is 13.2 Å². The summed E-state index contributed by atoms with van der Waals surface area (Å²) in [6.07, 6.45) is 12.5. The molecule has 5 aliphatic rings. The normalized spacial score (nSPS) is 42.4. The van der Waals surface area contributed by atoms with E-state index in [2.05, 4.69) is 19.9 Å². The van der Waals surface area contributed by atoms with Crippen LogP contribution in [-0.2, 0) is 19.1 Å². The van der Waals surface area contributed by atoms with Crippen LogP contribution >= 0.6 is 0 Å². The molecule has 6 heteroatoms. The van der Waals surface area contributed by atoms with Gasteiger partial charge in [0.2, 0.25) is 0 Å². The number of esters is 2. The van der Waals surface area contributed by atoms with Crippen LogP contribution in [0.2, 0.25) is 0 Å². The molecule has 0 aromatic rings. The minimum atomic E-state index is -1.58. The van der Waals surface area contributed by atoms with E-state index in [9.17, 15) is 19.8 Å². The monoisotopic (exact) mass is 512 g/mol. The molecule has 5 rings (SSSR count). The molecule has 0 bridgehead atoms. The third kappa shape index (κ3) is 3.96. The van der Waals surface area contributed by atoms with Crippen LogP contribution in [0.4, 0.5) is 0 Å². The van der Waals surface area contributed by atoms with Crippen LogP contribution in [-0.4, -0.2) is 46.6 Å². The largest absolute Gasteiger partial charge is 0.467 e. The van der Waals surface area contributed by atoms with E-state index in [4.69, 9.17) is 9.47 Å². The highest BCUT2D eigenvalue weighted by atomic mass is 16.6. The minimum Gasteiger partial charge on any atom is -0.467 e. The molecule has 1 aliphatic heterocycles. The fourth-order valence-corrected chi connectivity index (χ4v) is 9.11. The van der Waals surface area contributed by atoms with Crippen molar-refractivity contribution in [1.29, 1.82) is 0 Å². The fourth-order valence-electron chi connectivity index (χ4n) is 9.11. The lowest BCUT2D eigenvalue weighted by atomic mass is 9.52. The molecule has 0 spiro atoms. The Labute approximate surface area is 221 Å². The van der Waals surface area contributed by atoms with Gasteiger partial charge in [0.1, 0.15) is 5.60 Å². The summed E-state index contributed by atoms with van der Waals surface area (Å²) >= 11 is 0. The number of methoxy groups -OCH3 is 1. The lowest BCUT2D eigenvalue weighted by Crippen LogP contribution is -2.45. The van der Waals surface area contributed by atoms with Crippen molar-refractivity contribution >= 4 is 11.9 Å². The molecule has 0 saturated heterocycles. The van der Waals surface area contributed by atoms with Gasteiger partial charge < -0.3 is 19.7 Å². The second-order valence-corrected chi connectivity index (χ2v) is 13.5. The summed E-state index contributed by atoms with van der Waals surface area (Å²) in [6.45, 7) is 10.4. The number of fused-ring (bicyclic) bond motifs is 3. The van der Waals surface area contributed by atoms with E-state index in [1.807, 2.05) is 19.9 Å². The van der Waals surface area contributed by atoms with Crippen molar-refractivity contribution in [2.24, 2.45) is 34.5 Å². The first-order valence-corrected chi connectivity index (χ1v) is 14.1. The molecule has 4 aliphatic carbocycles. The van der Waals surface area contributed by atoms with Gasteiger partial charge in [-0.05, 0) is 106 Å². The summed E-state index contributed by atoms with van der Waals surface area (Å²) < 4.78 is 10.7. The highest BCUT2D eigenvalue weighted by Crippen LogP contribution is 2.69. The van der Waals surface area contributed by atoms with Gasteiger partial charge in [0.15, 0.2) is 5.60 Å². The third-order valence-electron chi connectivity index (χ3n) is 11.5. The number of cyclic esters (lactones) is 1. The summed E-state index contributed by atoms with van der Waals surface area (Å²) in [5.74, 6) is -0.641. The molecule has 0 aromatic carbocycles. The minimum absolute atomic E-state index is 0.0269. The molecule has 2 fully saturated rings. The second-order valence-electron chi connectivity index (χ2n) is 13.5. The maximum absolute atomic E-state index is 12.3. The highest BCUT2D eigenvalue weighted by molar-refractivity contribution is 5.83. The number of carbonyl (C=O) groups is 2. The molecule has 0 radical (unpaired) electrons. The Morgan fingerprint density at radius 2 is 1.84 bits per heavy atom. The molecule has 0 amide bonds. The maximum atomic E-state index is 12.3. The molecular weight excluding hydrogens is 468 g/mol. The van der Waals surface area contributed by atoms with E-state index >= 15 is 0 Å². The first kappa shape index (κ1) is 26.7. The molecule has 2 N–H and O–H groups in total. The van der Waals surface area contributed by atoms with E-state index in [0.717, 1.165) is 38.5 Å². The molecule has 204 valence electrons. The van der Waals surface area contributed by atoms with Gasteiger partial charge in [-0.15, -0.1) is 0 Å². The summed E-state index contributed by atoms with van der Waals surface area (Å²) in [5, 5.41) is 22.2. The van der Waals surface area contributed by atoms with E-state index < -0.39 is 23.3 Å². The molecule has 0 aromatic heterocycles. The van der Waals surface area contributed by atoms with Crippen molar-refractivity contribution in [3.8, 4) is 0 Å². The van der Waals surface area contributed by atoms with Crippen molar-refractivity contribution in [2.75, 3.05) is 7.11 Å². The summed E-state index contributed by atoms with van der Waals surface area (Å²) in [7, 11) is 1.30. The van der Waals surface area contributed by atoms with Gasteiger partial charge in [0, 0.05) is 17.9 Å². The van der Waals surface area contributed by atoms with Crippen LogP contribution in [0, 0.1) is 34.5 Å². The van der Waals surface area contributed by atoms with Gasteiger partial charge in [-0.3, -0.25) is 0 Å². The van der Waals surface area contributed by atoms with Gasteiger partial charge >= 0.3 is 11.9 Å². The molecule has 37 heavy (non-hydrogen) atoms. The van der Waals surface area contributed by atoms with E-state index in [0.29, 0.717) is 18.8 Å². The number of carbonyl (C=O) groups excluding carboxylic acids is 2. The number of hydrogen-bond acceptors (Lipinski definition) is 6. The standard InChI is InChI=1S/C31H44O6/c1-28(2)22-8-9-23-19(15-18(22)7-10-26(33)37-28)11-13-30(4)24(12-14-29(23,30)3)21-16-20(17-25(21)32)31(5,35)27(34)36-6/h7,10,15,20-22,24-25,32,35H,8-9,11-14,16-17H2,1-6H3. The zero-order valence-corrected chi connectivity index (χ0v) is 23.3. The Bertz CT molecular complexity index is 1080. The van der Waals surface area contributed by atoms with Crippen LogP contribution in [0.3, 0.4) is 0 Å². The SMILES string of the molecule is COC(=O)C(C)(O)C1CC(O)C(C2CCC3(C)C4=C(C=C5C=CC(=O)OC(C)(C)C5CC4)CCC23C)C1. The lowest BCUT2D eigenvalue weighted by Gasteiger charge is -2.52. The van der Waals surface area contributed by atoms with Crippen molar-refractivity contribution in [1.82, 2.24) is 0 Å². The molecule has 8 atom stereocenters. The summed E-state index contributed by atoms with van der Waals surface area (Å²) in [6, 6.07) is 0. The van der Waals surface area contributed by atoms with E-state index in [1.165, 1.54) is 25.2 Å². The third-order valence-corrected chi connectivity index (χ3v) is 11.5. The smallest absolute Gasteiger partial charge is 0.337 e. The zero-order valence-electron chi connectivity index (χ0n) is 23.3. The van der Waals surface area contributed by atoms with Crippen LogP contribution in [0.15, 0.2) is 34.9 Å². The predicted octanol–water partition coefficient (Wildman–Crippen LogP) is 5.04. The second kappa shape index (κ2) is 8.81. The average molecular weight is 513 g/mol. The average Bonchev–Trinajstić information content (AvgIpc) is 3.21. The van der Waals surface area contributed by atoms with E-state index in [1.54, 1.807) is 11.6 Å². The summed E-state index contributed by atoms with van der Waals surface area (Å²) in [5.41, 5.74) is 2.09. The molecule has 2 saturated carbocycles.